The van der Waals surface area contributed by atoms with Crippen molar-refractivity contribution in [1.82, 2.24) is 4.72 Å². The zero-order valence-corrected chi connectivity index (χ0v) is 8.79. The topological polar surface area (TPSA) is 72.2 Å². The van der Waals surface area contributed by atoms with Gasteiger partial charge in [-0.05, 0) is 12.5 Å². The molecule has 1 aromatic carbocycles. The Labute approximate surface area is 84.2 Å². The second-order valence-electron chi connectivity index (χ2n) is 3.03. The smallest absolute Gasteiger partial charge is 0.225 e. The van der Waals surface area contributed by atoms with Crippen molar-refractivity contribution in [3.63, 3.8) is 0 Å². The molecular weight excluding hydrogens is 200 g/mol. The predicted octanol–water partition coefficient (Wildman–Crippen LogP) is 0.583. The van der Waals surface area contributed by atoms with E-state index < -0.39 is 10.0 Å². The lowest BCUT2D eigenvalue weighted by Crippen LogP contribution is -2.32. The molecule has 0 bridgehead atoms. The maximum Gasteiger partial charge on any atom is 0.225 e. The third kappa shape index (κ3) is 3.10. The minimum atomic E-state index is -3.34. The van der Waals surface area contributed by atoms with Gasteiger partial charge in [-0.15, -0.1) is 0 Å². The molecule has 0 spiro atoms. The Morgan fingerprint density at radius 1 is 1.36 bits per heavy atom. The van der Waals surface area contributed by atoms with Gasteiger partial charge < -0.3 is 5.73 Å². The van der Waals surface area contributed by atoms with Crippen molar-refractivity contribution < 1.29 is 8.42 Å². The summed E-state index contributed by atoms with van der Waals surface area (Å²) in [7, 11) is -3.34. The fourth-order valence-electron chi connectivity index (χ4n) is 1.13. The van der Waals surface area contributed by atoms with Crippen LogP contribution in [-0.2, 0) is 10.0 Å². The molecule has 0 radical (unpaired) electrons. The van der Waals surface area contributed by atoms with Gasteiger partial charge in [-0.25, -0.2) is 13.1 Å². The molecule has 0 amide bonds. The normalized spacial score (nSPS) is 13.9. The van der Waals surface area contributed by atoms with Crippen molar-refractivity contribution in [3.8, 4) is 0 Å². The predicted molar refractivity (Wildman–Crippen MR) is 56.0 cm³/mol. The summed E-state index contributed by atoms with van der Waals surface area (Å²) in [6.45, 7) is 1.78. The molecule has 1 aromatic rings. The minimum absolute atomic E-state index is 0.246. The van der Waals surface area contributed by atoms with Crippen LogP contribution in [0.3, 0.4) is 0 Å². The Hall–Kier alpha value is -0.910. The Balaban J connectivity index is 2.74. The molecular formula is C9H14N2O2S. The zero-order valence-electron chi connectivity index (χ0n) is 7.97. The van der Waals surface area contributed by atoms with Crippen LogP contribution in [0, 0.1) is 0 Å². The maximum atomic E-state index is 11.1. The van der Waals surface area contributed by atoms with Crippen molar-refractivity contribution in [2.45, 2.75) is 13.0 Å². The van der Waals surface area contributed by atoms with Crippen LogP contribution in [-0.4, -0.2) is 14.3 Å². The minimum Gasteiger partial charge on any atom is -0.317 e. The van der Waals surface area contributed by atoms with E-state index in [0.29, 0.717) is 0 Å². The fourth-order valence-corrected chi connectivity index (χ4v) is 1.90. The molecule has 0 heterocycles. The summed E-state index contributed by atoms with van der Waals surface area (Å²) in [5.41, 5.74) is 6.00. The number of nitrogens with two attached hydrogens (primary N) is 1. The monoisotopic (exact) mass is 214 g/mol. The molecule has 5 heteroatoms. The summed E-state index contributed by atoms with van der Waals surface area (Å²) in [4.78, 5) is 0. The highest BCUT2D eigenvalue weighted by molar-refractivity contribution is 7.89. The van der Waals surface area contributed by atoms with Crippen LogP contribution >= 0.6 is 0 Å². The number of benzene rings is 1. The van der Waals surface area contributed by atoms with Crippen molar-refractivity contribution in [3.05, 3.63) is 35.9 Å². The lowest BCUT2D eigenvalue weighted by molar-refractivity contribution is 0.567. The molecule has 4 nitrogen and oxygen atoms in total. The lowest BCUT2D eigenvalue weighted by atomic mass is 10.1. The van der Waals surface area contributed by atoms with Crippen LogP contribution in [0.5, 0.6) is 0 Å². The fraction of sp³-hybridized carbons (Fsp3) is 0.333. The van der Waals surface area contributed by atoms with Gasteiger partial charge in [-0.1, -0.05) is 30.3 Å². The highest BCUT2D eigenvalue weighted by Crippen LogP contribution is 2.11. The summed E-state index contributed by atoms with van der Waals surface area (Å²) in [6.07, 6.45) is 0. The van der Waals surface area contributed by atoms with Crippen molar-refractivity contribution >= 4 is 10.0 Å². The van der Waals surface area contributed by atoms with Gasteiger partial charge in [-0.2, -0.15) is 0 Å². The SMILES string of the molecule is CC(NS(=O)(=O)CN)c1ccccc1. The van der Waals surface area contributed by atoms with Gasteiger partial charge in [0.15, 0.2) is 0 Å². The lowest BCUT2D eigenvalue weighted by Gasteiger charge is -2.13. The summed E-state index contributed by atoms with van der Waals surface area (Å²) < 4.78 is 24.8. The standard InChI is InChI=1S/C9H14N2O2S/c1-8(11-14(12,13)7-10)9-5-3-2-4-6-9/h2-6,8,11H,7,10H2,1H3. The van der Waals surface area contributed by atoms with Crippen LogP contribution in [0.15, 0.2) is 30.3 Å². The second kappa shape index (κ2) is 4.54. The van der Waals surface area contributed by atoms with E-state index in [4.69, 9.17) is 5.73 Å². The van der Waals surface area contributed by atoms with E-state index in [2.05, 4.69) is 4.72 Å². The van der Waals surface area contributed by atoms with Crippen LogP contribution in [0.1, 0.15) is 18.5 Å². The Kier molecular flexibility index (Phi) is 3.62. The van der Waals surface area contributed by atoms with Crippen LogP contribution in [0.2, 0.25) is 0 Å². The molecule has 0 aliphatic heterocycles. The molecule has 1 unspecified atom stereocenters. The number of rotatable bonds is 4. The van der Waals surface area contributed by atoms with E-state index in [1.54, 1.807) is 6.92 Å². The molecule has 0 aromatic heterocycles. The average Bonchev–Trinajstić information content (AvgIpc) is 2.19. The summed E-state index contributed by atoms with van der Waals surface area (Å²) >= 11 is 0. The Morgan fingerprint density at radius 3 is 2.43 bits per heavy atom. The first-order chi connectivity index (χ1) is 6.55. The molecule has 0 aliphatic carbocycles. The molecule has 0 saturated heterocycles. The van der Waals surface area contributed by atoms with Gasteiger partial charge in [0.25, 0.3) is 0 Å². The first kappa shape index (κ1) is 11.2. The summed E-state index contributed by atoms with van der Waals surface area (Å²) in [6, 6.07) is 9.09. The second-order valence-corrected chi connectivity index (χ2v) is 4.83. The highest BCUT2D eigenvalue weighted by Gasteiger charge is 2.12. The van der Waals surface area contributed by atoms with Crippen LogP contribution in [0.4, 0.5) is 0 Å². The molecule has 3 N–H and O–H groups in total. The van der Waals surface area contributed by atoms with Gasteiger partial charge in [-0.3, -0.25) is 0 Å². The average molecular weight is 214 g/mol. The first-order valence-electron chi connectivity index (χ1n) is 4.30. The van der Waals surface area contributed by atoms with E-state index in [0.717, 1.165) is 5.56 Å². The van der Waals surface area contributed by atoms with Crippen LogP contribution < -0.4 is 10.5 Å². The number of sulfonamides is 1. The first-order valence-corrected chi connectivity index (χ1v) is 5.95. The van der Waals surface area contributed by atoms with Gasteiger partial charge in [0.2, 0.25) is 10.0 Å². The van der Waals surface area contributed by atoms with Crippen molar-refractivity contribution in [2.24, 2.45) is 5.73 Å². The number of hydrogen-bond donors (Lipinski definition) is 2. The maximum absolute atomic E-state index is 11.1. The van der Waals surface area contributed by atoms with Crippen molar-refractivity contribution in [2.75, 3.05) is 5.88 Å². The third-order valence-corrected chi connectivity index (χ3v) is 3.03. The van der Waals surface area contributed by atoms with Gasteiger partial charge in [0.1, 0.15) is 5.88 Å². The van der Waals surface area contributed by atoms with Crippen LogP contribution in [0.25, 0.3) is 0 Å². The van der Waals surface area contributed by atoms with E-state index in [-0.39, 0.29) is 11.9 Å². The molecule has 0 saturated carbocycles. The molecule has 78 valence electrons. The molecule has 14 heavy (non-hydrogen) atoms. The van der Waals surface area contributed by atoms with E-state index in [9.17, 15) is 8.42 Å². The molecule has 1 rings (SSSR count). The highest BCUT2D eigenvalue weighted by atomic mass is 32.2. The molecule has 0 aliphatic rings. The van der Waals surface area contributed by atoms with E-state index in [1.807, 2.05) is 30.3 Å². The molecule has 0 fully saturated rings. The largest absolute Gasteiger partial charge is 0.317 e. The van der Waals surface area contributed by atoms with E-state index >= 15 is 0 Å². The van der Waals surface area contributed by atoms with Gasteiger partial charge >= 0.3 is 0 Å². The van der Waals surface area contributed by atoms with Gasteiger partial charge in [0, 0.05) is 6.04 Å². The third-order valence-electron chi connectivity index (χ3n) is 1.88. The Bertz CT molecular complexity index is 375. The quantitative estimate of drug-likeness (QED) is 0.770. The summed E-state index contributed by atoms with van der Waals surface area (Å²) in [5.74, 6) is -0.385. The van der Waals surface area contributed by atoms with Gasteiger partial charge in [0.05, 0.1) is 0 Å². The Morgan fingerprint density at radius 2 is 1.93 bits per heavy atom. The zero-order chi connectivity index (χ0) is 10.6. The number of hydrogen-bond acceptors (Lipinski definition) is 3. The summed E-state index contributed by atoms with van der Waals surface area (Å²) in [5, 5.41) is 0. The van der Waals surface area contributed by atoms with E-state index in [1.165, 1.54) is 0 Å². The molecule has 1 atom stereocenters. The van der Waals surface area contributed by atoms with Crippen molar-refractivity contribution in [1.29, 1.82) is 0 Å². The number of nitrogens with one attached hydrogen (secondary N) is 1.